The van der Waals surface area contributed by atoms with Crippen LogP contribution >= 0.6 is 11.6 Å². The SMILES string of the molecule is COC(=O)c1ccc(COc2ccc(F)c(Cl)c2)nc1. The summed E-state index contributed by atoms with van der Waals surface area (Å²) in [5.41, 5.74) is 0.985. The van der Waals surface area contributed by atoms with Gasteiger partial charge in [0.05, 0.1) is 23.4 Å². The summed E-state index contributed by atoms with van der Waals surface area (Å²) in [4.78, 5) is 15.3. The Bertz CT molecular complexity index is 616. The fourth-order valence-electron chi connectivity index (χ4n) is 1.47. The van der Waals surface area contributed by atoms with Crippen LogP contribution in [-0.4, -0.2) is 18.1 Å². The normalized spacial score (nSPS) is 10.2. The van der Waals surface area contributed by atoms with E-state index in [-0.39, 0.29) is 11.6 Å². The van der Waals surface area contributed by atoms with Crippen LogP contribution in [0.2, 0.25) is 5.02 Å². The summed E-state index contributed by atoms with van der Waals surface area (Å²) in [6, 6.07) is 7.34. The van der Waals surface area contributed by atoms with Gasteiger partial charge in [0.1, 0.15) is 18.2 Å². The number of ether oxygens (including phenoxy) is 2. The highest BCUT2D eigenvalue weighted by Crippen LogP contribution is 2.21. The number of pyridine rings is 1. The molecule has 1 aromatic carbocycles. The highest BCUT2D eigenvalue weighted by molar-refractivity contribution is 6.30. The number of benzene rings is 1. The number of carbonyl (C=O) groups is 1. The number of hydrogen-bond acceptors (Lipinski definition) is 4. The lowest BCUT2D eigenvalue weighted by Crippen LogP contribution is -2.04. The van der Waals surface area contributed by atoms with Crippen LogP contribution in [0.3, 0.4) is 0 Å². The minimum Gasteiger partial charge on any atom is -0.487 e. The van der Waals surface area contributed by atoms with Gasteiger partial charge in [-0.1, -0.05) is 11.6 Å². The van der Waals surface area contributed by atoms with Crippen molar-refractivity contribution in [1.29, 1.82) is 0 Å². The quantitative estimate of drug-likeness (QED) is 0.813. The molecule has 0 aliphatic heterocycles. The monoisotopic (exact) mass is 295 g/mol. The van der Waals surface area contributed by atoms with Gasteiger partial charge < -0.3 is 9.47 Å². The maximum Gasteiger partial charge on any atom is 0.339 e. The van der Waals surface area contributed by atoms with Crippen molar-refractivity contribution in [3.8, 4) is 5.75 Å². The summed E-state index contributed by atoms with van der Waals surface area (Å²) in [6.45, 7) is 0.184. The van der Waals surface area contributed by atoms with Gasteiger partial charge in [0, 0.05) is 12.3 Å². The second-order valence-electron chi connectivity index (χ2n) is 3.89. The molecule has 0 fully saturated rings. The van der Waals surface area contributed by atoms with Crippen LogP contribution in [0, 0.1) is 5.82 Å². The maximum absolute atomic E-state index is 13.0. The standard InChI is InChI=1S/C14H11ClFNO3/c1-19-14(18)9-2-3-10(17-7-9)8-20-11-4-5-13(16)12(15)6-11/h2-7H,8H2,1H3. The minimum atomic E-state index is -0.500. The lowest BCUT2D eigenvalue weighted by atomic mass is 10.2. The van der Waals surface area contributed by atoms with Gasteiger partial charge >= 0.3 is 5.97 Å². The van der Waals surface area contributed by atoms with Crippen LogP contribution in [0.15, 0.2) is 36.5 Å². The van der Waals surface area contributed by atoms with E-state index in [0.29, 0.717) is 17.0 Å². The summed E-state index contributed by atoms with van der Waals surface area (Å²) in [5.74, 6) is -0.509. The lowest BCUT2D eigenvalue weighted by molar-refractivity contribution is 0.0600. The maximum atomic E-state index is 13.0. The molecule has 0 saturated carbocycles. The number of aromatic nitrogens is 1. The third-order valence-corrected chi connectivity index (χ3v) is 2.81. The van der Waals surface area contributed by atoms with Crippen LogP contribution in [-0.2, 0) is 11.3 Å². The first-order valence-corrected chi connectivity index (χ1v) is 6.09. The molecule has 0 atom stereocenters. The van der Waals surface area contributed by atoms with E-state index in [0.717, 1.165) is 0 Å². The molecule has 0 bridgehead atoms. The Morgan fingerprint density at radius 3 is 2.75 bits per heavy atom. The lowest BCUT2D eigenvalue weighted by Gasteiger charge is -2.06. The number of nitrogens with zero attached hydrogens (tertiary/aromatic N) is 1. The minimum absolute atomic E-state index is 0.00324. The zero-order valence-corrected chi connectivity index (χ0v) is 11.4. The van der Waals surface area contributed by atoms with Crippen LogP contribution in [0.25, 0.3) is 0 Å². The first-order valence-electron chi connectivity index (χ1n) is 5.71. The Balaban J connectivity index is 2.00. The molecule has 1 heterocycles. The van der Waals surface area contributed by atoms with Crippen molar-refractivity contribution in [3.63, 3.8) is 0 Å². The largest absolute Gasteiger partial charge is 0.487 e. The molecular weight excluding hydrogens is 285 g/mol. The summed E-state index contributed by atoms with van der Waals surface area (Å²) in [6.07, 6.45) is 1.40. The van der Waals surface area contributed by atoms with Crippen molar-refractivity contribution in [2.24, 2.45) is 0 Å². The first kappa shape index (κ1) is 14.3. The molecule has 4 nitrogen and oxygen atoms in total. The molecule has 20 heavy (non-hydrogen) atoms. The van der Waals surface area contributed by atoms with Gasteiger partial charge in [-0.15, -0.1) is 0 Å². The highest BCUT2D eigenvalue weighted by Gasteiger charge is 2.06. The van der Waals surface area contributed by atoms with E-state index in [2.05, 4.69) is 9.72 Å². The number of halogens is 2. The Hall–Kier alpha value is -2.14. The van der Waals surface area contributed by atoms with Crippen LogP contribution in [0.1, 0.15) is 16.1 Å². The van der Waals surface area contributed by atoms with Gasteiger partial charge in [0.25, 0.3) is 0 Å². The van der Waals surface area contributed by atoms with E-state index in [4.69, 9.17) is 16.3 Å². The van der Waals surface area contributed by atoms with E-state index in [1.54, 1.807) is 12.1 Å². The van der Waals surface area contributed by atoms with Gasteiger partial charge in [-0.05, 0) is 24.3 Å². The molecule has 6 heteroatoms. The van der Waals surface area contributed by atoms with Crippen molar-refractivity contribution in [1.82, 2.24) is 4.98 Å². The number of methoxy groups -OCH3 is 1. The molecule has 0 saturated heterocycles. The van der Waals surface area contributed by atoms with Crippen LogP contribution in [0.4, 0.5) is 4.39 Å². The predicted octanol–water partition coefficient (Wildman–Crippen LogP) is 3.24. The fourth-order valence-corrected chi connectivity index (χ4v) is 1.64. The molecule has 0 aliphatic rings. The molecule has 0 amide bonds. The van der Waals surface area contributed by atoms with Gasteiger partial charge in [0.2, 0.25) is 0 Å². The number of carbonyl (C=O) groups excluding carboxylic acids is 1. The third kappa shape index (κ3) is 3.45. The zero-order valence-electron chi connectivity index (χ0n) is 10.6. The topological polar surface area (TPSA) is 48.4 Å². The zero-order chi connectivity index (χ0) is 14.5. The van der Waals surface area contributed by atoms with Gasteiger partial charge in [0.15, 0.2) is 0 Å². The number of rotatable bonds is 4. The molecule has 0 unspecified atom stereocenters. The number of esters is 1. The Morgan fingerprint density at radius 1 is 1.35 bits per heavy atom. The second kappa shape index (κ2) is 6.34. The number of hydrogen-bond donors (Lipinski definition) is 0. The smallest absolute Gasteiger partial charge is 0.339 e. The van der Waals surface area contributed by atoms with Gasteiger partial charge in [-0.3, -0.25) is 4.98 Å². The second-order valence-corrected chi connectivity index (χ2v) is 4.30. The van der Waals surface area contributed by atoms with E-state index < -0.39 is 11.8 Å². The molecule has 104 valence electrons. The summed E-state index contributed by atoms with van der Waals surface area (Å²) in [5, 5.41) is -0.00324. The van der Waals surface area contributed by atoms with E-state index in [1.165, 1.54) is 31.5 Å². The van der Waals surface area contributed by atoms with Crippen molar-refractivity contribution >= 4 is 17.6 Å². The average molecular weight is 296 g/mol. The summed E-state index contributed by atoms with van der Waals surface area (Å²) >= 11 is 5.65. The Morgan fingerprint density at radius 2 is 2.15 bits per heavy atom. The van der Waals surface area contributed by atoms with E-state index >= 15 is 0 Å². The van der Waals surface area contributed by atoms with E-state index in [9.17, 15) is 9.18 Å². The molecule has 0 N–H and O–H groups in total. The van der Waals surface area contributed by atoms with Crippen molar-refractivity contribution in [3.05, 3.63) is 58.6 Å². The molecule has 2 rings (SSSR count). The van der Waals surface area contributed by atoms with Gasteiger partial charge in [-0.25, -0.2) is 9.18 Å². The van der Waals surface area contributed by atoms with Crippen molar-refractivity contribution < 1.29 is 18.7 Å². The van der Waals surface area contributed by atoms with Crippen LogP contribution < -0.4 is 4.74 Å². The average Bonchev–Trinajstić information content (AvgIpc) is 2.48. The molecule has 0 spiro atoms. The molecular formula is C14H11ClFNO3. The van der Waals surface area contributed by atoms with Gasteiger partial charge in [-0.2, -0.15) is 0 Å². The summed E-state index contributed by atoms with van der Waals surface area (Å²) in [7, 11) is 1.30. The molecule has 0 radical (unpaired) electrons. The fraction of sp³-hybridized carbons (Fsp3) is 0.143. The molecule has 2 aromatic rings. The first-order chi connectivity index (χ1) is 9.60. The van der Waals surface area contributed by atoms with Crippen molar-refractivity contribution in [2.75, 3.05) is 7.11 Å². The van der Waals surface area contributed by atoms with E-state index in [1.807, 2.05) is 0 Å². The molecule has 0 aliphatic carbocycles. The highest BCUT2D eigenvalue weighted by atomic mass is 35.5. The van der Waals surface area contributed by atoms with Crippen molar-refractivity contribution in [2.45, 2.75) is 6.61 Å². The molecule has 1 aromatic heterocycles. The Labute approximate surface area is 120 Å². The summed E-state index contributed by atoms with van der Waals surface area (Å²) < 4.78 is 23.0. The van der Waals surface area contributed by atoms with Crippen LogP contribution in [0.5, 0.6) is 5.75 Å². The Kier molecular flexibility index (Phi) is 4.53. The third-order valence-electron chi connectivity index (χ3n) is 2.52. The predicted molar refractivity (Wildman–Crippen MR) is 71.3 cm³/mol.